The van der Waals surface area contributed by atoms with E-state index in [1.54, 1.807) is 0 Å². The molecule has 160 valence electrons. The largest absolute Gasteiger partial charge is 0.359 e. The summed E-state index contributed by atoms with van der Waals surface area (Å²) in [5.41, 5.74) is 4.87. The number of hydrogen-bond acceptors (Lipinski definition) is 3. The summed E-state index contributed by atoms with van der Waals surface area (Å²) >= 11 is 17.1. The number of halogens is 2. The van der Waals surface area contributed by atoms with Gasteiger partial charge in [0.2, 0.25) is 0 Å². The van der Waals surface area contributed by atoms with Gasteiger partial charge in [-0.05, 0) is 66.1 Å². The number of nitrogens with one attached hydrogen (secondary N) is 1. The zero-order valence-corrected chi connectivity index (χ0v) is 20.6. The molecule has 5 heteroatoms. The Hall–Kier alpha value is -1.52. The molecule has 1 fully saturated rings. The van der Waals surface area contributed by atoms with E-state index in [0.717, 1.165) is 39.9 Å². The molecule has 0 radical (unpaired) electrons. The molecule has 0 aliphatic heterocycles. The Labute approximate surface area is 203 Å². The molecule has 1 saturated carbocycles. The third-order valence-corrected chi connectivity index (χ3v) is 7.82. The molecule has 31 heavy (non-hydrogen) atoms. The minimum atomic E-state index is 0.631. The van der Waals surface area contributed by atoms with Crippen LogP contribution in [0.3, 0.4) is 0 Å². The van der Waals surface area contributed by atoms with Crippen molar-refractivity contribution in [1.29, 1.82) is 0 Å². The van der Waals surface area contributed by atoms with Crippen LogP contribution in [0.15, 0.2) is 82.7 Å². The van der Waals surface area contributed by atoms with E-state index in [1.165, 1.54) is 28.2 Å². The van der Waals surface area contributed by atoms with Crippen molar-refractivity contribution in [2.24, 2.45) is 0 Å². The molecule has 4 rings (SSSR count). The molecular weight excluding hydrogens is 461 g/mol. The summed E-state index contributed by atoms with van der Waals surface area (Å²) in [6.07, 6.45) is 3.40. The average Bonchev–Trinajstić information content (AvgIpc) is 3.54. The highest BCUT2D eigenvalue weighted by Gasteiger charge is 2.22. The molecule has 3 aromatic rings. The number of anilines is 1. The van der Waals surface area contributed by atoms with Gasteiger partial charge in [-0.15, -0.1) is 23.5 Å². The van der Waals surface area contributed by atoms with E-state index < -0.39 is 0 Å². The molecule has 1 N–H and O–H groups in total. The number of hydrogen-bond donors (Lipinski definition) is 1. The van der Waals surface area contributed by atoms with Gasteiger partial charge in [0.15, 0.2) is 0 Å². The molecule has 1 nitrogen and oxygen atoms in total. The van der Waals surface area contributed by atoms with E-state index >= 15 is 0 Å². The Balaban J connectivity index is 1.43. The smallest absolute Gasteiger partial charge is 0.0520 e. The summed E-state index contributed by atoms with van der Waals surface area (Å²) in [6.45, 7) is 6.34. The summed E-state index contributed by atoms with van der Waals surface area (Å²) in [7, 11) is 0. The highest BCUT2D eigenvalue weighted by atomic mass is 35.5. The maximum atomic E-state index is 6.63. The molecule has 0 saturated heterocycles. The molecule has 1 aliphatic rings. The third kappa shape index (κ3) is 6.26. The van der Waals surface area contributed by atoms with Crippen molar-refractivity contribution in [2.45, 2.75) is 41.2 Å². The molecule has 3 aromatic carbocycles. The van der Waals surface area contributed by atoms with Crippen LogP contribution in [0.4, 0.5) is 5.69 Å². The Kier molecular flexibility index (Phi) is 7.60. The topological polar surface area (TPSA) is 12.0 Å². The zero-order valence-electron chi connectivity index (χ0n) is 17.5. The lowest BCUT2D eigenvalue weighted by atomic mass is 10.0. The Morgan fingerprint density at radius 2 is 1.58 bits per heavy atom. The SMILES string of the molecule is C=C(Cc1ccc(SCC)cc1)Nc1cc(Cl)c(-c2ccc(SC3CC3)cc2)c(Cl)c1. The minimum absolute atomic E-state index is 0.631. The van der Waals surface area contributed by atoms with Crippen LogP contribution in [-0.2, 0) is 6.42 Å². The second kappa shape index (κ2) is 10.4. The highest BCUT2D eigenvalue weighted by molar-refractivity contribution is 8.00. The second-order valence-corrected chi connectivity index (χ2v) is 11.2. The van der Waals surface area contributed by atoms with Gasteiger partial charge in [0, 0.05) is 38.4 Å². The predicted octanol–water partition coefficient (Wildman–Crippen LogP) is 9.20. The second-order valence-electron chi connectivity index (χ2n) is 7.64. The van der Waals surface area contributed by atoms with Crippen molar-refractivity contribution in [3.05, 3.63) is 88.5 Å². The van der Waals surface area contributed by atoms with E-state index in [1.807, 2.05) is 35.7 Å². The van der Waals surface area contributed by atoms with Crippen molar-refractivity contribution < 1.29 is 0 Å². The summed E-state index contributed by atoms with van der Waals surface area (Å²) in [5, 5.41) is 5.41. The molecule has 0 unspecified atom stereocenters. The minimum Gasteiger partial charge on any atom is -0.359 e. The zero-order chi connectivity index (χ0) is 21.8. The standard InChI is InChI=1S/C26H25Cl2NS2/c1-3-30-21-8-4-18(5-9-21)14-17(2)29-20-15-24(27)26(25(28)16-20)19-6-10-22(11-7-19)31-23-12-13-23/h4-11,15-16,23,29H,2-3,12-14H2,1H3. The molecule has 0 heterocycles. The normalized spacial score (nSPS) is 13.3. The molecule has 0 amide bonds. The van der Waals surface area contributed by atoms with E-state index in [-0.39, 0.29) is 0 Å². The Morgan fingerprint density at radius 1 is 0.968 bits per heavy atom. The maximum absolute atomic E-state index is 6.63. The summed E-state index contributed by atoms with van der Waals surface area (Å²) in [4.78, 5) is 2.59. The molecule has 0 atom stereocenters. The number of benzene rings is 3. The summed E-state index contributed by atoms with van der Waals surface area (Å²) < 4.78 is 0. The van der Waals surface area contributed by atoms with E-state index in [0.29, 0.717) is 10.0 Å². The van der Waals surface area contributed by atoms with Gasteiger partial charge in [-0.2, -0.15) is 0 Å². The predicted molar refractivity (Wildman–Crippen MR) is 140 cm³/mol. The van der Waals surface area contributed by atoms with Crippen LogP contribution in [0.5, 0.6) is 0 Å². The number of rotatable bonds is 9. The van der Waals surface area contributed by atoms with Crippen LogP contribution >= 0.6 is 46.7 Å². The van der Waals surface area contributed by atoms with Crippen LogP contribution in [0.2, 0.25) is 10.0 Å². The van der Waals surface area contributed by atoms with Gasteiger partial charge in [-0.3, -0.25) is 0 Å². The lowest BCUT2D eigenvalue weighted by Crippen LogP contribution is -2.02. The van der Waals surface area contributed by atoms with Crippen molar-refractivity contribution in [2.75, 3.05) is 11.1 Å². The van der Waals surface area contributed by atoms with Crippen molar-refractivity contribution >= 4 is 52.4 Å². The van der Waals surface area contributed by atoms with Crippen LogP contribution in [-0.4, -0.2) is 11.0 Å². The van der Waals surface area contributed by atoms with Gasteiger partial charge >= 0.3 is 0 Å². The monoisotopic (exact) mass is 485 g/mol. The van der Waals surface area contributed by atoms with Gasteiger partial charge in [-0.1, -0.05) is 61.0 Å². The summed E-state index contributed by atoms with van der Waals surface area (Å²) in [6, 6.07) is 21.0. The molecular formula is C26H25Cl2NS2. The first-order valence-electron chi connectivity index (χ1n) is 10.4. The Morgan fingerprint density at radius 3 is 2.16 bits per heavy atom. The van der Waals surface area contributed by atoms with Crippen LogP contribution < -0.4 is 5.32 Å². The van der Waals surface area contributed by atoms with Gasteiger partial charge in [-0.25, -0.2) is 0 Å². The fraction of sp³-hybridized carbons (Fsp3) is 0.231. The lowest BCUT2D eigenvalue weighted by molar-refractivity contribution is 1.15. The third-order valence-electron chi connectivity index (χ3n) is 4.99. The van der Waals surface area contributed by atoms with E-state index in [9.17, 15) is 0 Å². The first-order valence-corrected chi connectivity index (χ1v) is 13.1. The average molecular weight is 487 g/mol. The molecule has 1 aliphatic carbocycles. The number of thioether (sulfide) groups is 2. The fourth-order valence-corrected chi connectivity index (χ4v) is 5.78. The van der Waals surface area contributed by atoms with E-state index in [2.05, 4.69) is 67.4 Å². The molecule has 0 bridgehead atoms. The molecule has 0 spiro atoms. The van der Waals surface area contributed by atoms with Crippen LogP contribution in [0.25, 0.3) is 11.1 Å². The van der Waals surface area contributed by atoms with Gasteiger partial charge in [0.1, 0.15) is 0 Å². The number of allylic oxidation sites excluding steroid dienone is 1. The maximum Gasteiger partial charge on any atom is 0.0520 e. The van der Waals surface area contributed by atoms with Crippen molar-refractivity contribution in [3.63, 3.8) is 0 Å². The first kappa shape index (κ1) is 22.7. The van der Waals surface area contributed by atoms with Crippen molar-refractivity contribution in [3.8, 4) is 11.1 Å². The Bertz CT molecular complexity index is 1030. The summed E-state index contributed by atoms with van der Waals surface area (Å²) in [5.74, 6) is 1.08. The lowest BCUT2D eigenvalue weighted by Gasteiger charge is -2.14. The van der Waals surface area contributed by atoms with Crippen LogP contribution in [0, 0.1) is 0 Å². The van der Waals surface area contributed by atoms with Crippen LogP contribution in [0.1, 0.15) is 25.3 Å². The van der Waals surface area contributed by atoms with E-state index in [4.69, 9.17) is 23.2 Å². The van der Waals surface area contributed by atoms with Gasteiger partial charge in [0.05, 0.1) is 10.0 Å². The molecule has 0 aromatic heterocycles. The quantitative estimate of drug-likeness (QED) is 0.303. The van der Waals surface area contributed by atoms with Crippen molar-refractivity contribution in [1.82, 2.24) is 0 Å². The highest BCUT2D eigenvalue weighted by Crippen LogP contribution is 2.41. The first-order chi connectivity index (χ1) is 15.0. The van der Waals surface area contributed by atoms with Gasteiger partial charge < -0.3 is 5.32 Å². The fourth-order valence-electron chi connectivity index (χ4n) is 3.36. The van der Waals surface area contributed by atoms with Gasteiger partial charge in [0.25, 0.3) is 0 Å².